The molecular weight excluding hydrogens is 136 g/mol. The first kappa shape index (κ1) is 7.74. The van der Waals surface area contributed by atoms with Crippen molar-refractivity contribution in [3.63, 3.8) is 0 Å². The molecule has 0 unspecified atom stereocenters. The molecule has 0 heterocycles. The maximum absolute atomic E-state index is 4.56. The topological polar surface area (TPSA) is 0 Å². The average molecular weight is 142 g/mol. The smallest absolute Gasteiger partial charge is 0.118 e. The third-order valence-corrected chi connectivity index (χ3v) is 0.597. The molecule has 0 N–H and O–H groups in total. The van der Waals surface area contributed by atoms with Crippen LogP contribution in [0.1, 0.15) is 6.92 Å². The monoisotopic (exact) mass is 142 g/mol. The molecule has 0 aromatic heterocycles. The van der Waals surface area contributed by atoms with Crippen molar-refractivity contribution in [3.05, 3.63) is 12.2 Å². The Balaban J connectivity index is 3.87. The Kier molecular flexibility index (Phi) is 3.59. The largest absolute Gasteiger partial charge is 0.123 e. The Morgan fingerprint density at radius 1 is 1.62 bits per heavy atom. The molecule has 0 nitrogen and oxygen atoms in total. The minimum Gasteiger partial charge on any atom is -0.123 e. The van der Waals surface area contributed by atoms with Gasteiger partial charge in [-0.1, -0.05) is 24.7 Å². The number of rotatable bonds is 0. The molecular formula is C6H6S2. The highest BCUT2D eigenvalue weighted by molar-refractivity contribution is 8.12. The van der Waals surface area contributed by atoms with Crippen LogP contribution in [0.4, 0.5) is 0 Å². The summed E-state index contributed by atoms with van der Waals surface area (Å²) in [7, 11) is 0. The first-order chi connectivity index (χ1) is 3.63. The van der Waals surface area contributed by atoms with Gasteiger partial charge < -0.3 is 0 Å². The summed E-state index contributed by atoms with van der Waals surface area (Å²) in [6, 6.07) is 0. The number of hydrogen-bond acceptors (Lipinski definition) is 1. The summed E-state index contributed by atoms with van der Waals surface area (Å²) in [4.78, 5) is 0. The molecule has 0 atom stereocenters. The average Bonchev–Trinajstić information content (AvgIpc) is 1.61. The molecule has 0 radical (unpaired) electrons. The van der Waals surface area contributed by atoms with Crippen LogP contribution in [0.5, 0.6) is 0 Å². The maximum atomic E-state index is 4.56. The van der Waals surface area contributed by atoms with Crippen molar-refractivity contribution in [1.82, 2.24) is 0 Å². The third kappa shape index (κ3) is 5.74. The molecule has 0 spiro atoms. The SMILES string of the molecule is C=C(C)C#CC(=S)S. The minimum absolute atomic E-state index is 0.410. The molecule has 0 aliphatic heterocycles. The highest BCUT2D eigenvalue weighted by Crippen LogP contribution is 1.83. The van der Waals surface area contributed by atoms with Crippen molar-refractivity contribution in [2.75, 3.05) is 0 Å². The van der Waals surface area contributed by atoms with E-state index in [4.69, 9.17) is 0 Å². The zero-order valence-corrected chi connectivity index (χ0v) is 6.27. The van der Waals surface area contributed by atoms with Gasteiger partial charge in [-0.25, -0.2) is 0 Å². The number of thiol groups is 1. The van der Waals surface area contributed by atoms with Crippen LogP contribution in [0, 0.1) is 11.8 Å². The molecule has 0 bridgehead atoms. The van der Waals surface area contributed by atoms with Gasteiger partial charge in [0.15, 0.2) is 0 Å². The van der Waals surface area contributed by atoms with Gasteiger partial charge in [0.25, 0.3) is 0 Å². The van der Waals surface area contributed by atoms with Crippen LogP contribution in [-0.4, -0.2) is 4.20 Å². The van der Waals surface area contributed by atoms with Gasteiger partial charge in [-0.2, -0.15) is 0 Å². The predicted octanol–water partition coefficient (Wildman–Crippen LogP) is 1.82. The van der Waals surface area contributed by atoms with E-state index in [-0.39, 0.29) is 0 Å². The summed E-state index contributed by atoms with van der Waals surface area (Å²) in [6.45, 7) is 5.38. The minimum atomic E-state index is 0.410. The fourth-order valence-electron chi connectivity index (χ4n) is 0.160. The Morgan fingerprint density at radius 2 is 2.12 bits per heavy atom. The zero-order chi connectivity index (χ0) is 6.57. The second-order valence-electron chi connectivity index (χ2n) is 1.34. The van der Waals surface area contributed by atoms with Crippen LogP contribution in [0.3, 0.4) is 0 Å². The molecule has 0 amide bonds. The molecule has 0 aliphatic rings. The lowest BCUT2D eigenvalue weighted by Gasteiger charge is -1.75. The lowest BCUT2D eigenvalue weighted by molar-refractivity contribution is 1.63. The van der Waals surface area contributed by atoms with Crippen LogP contribution < -0.4 is 0 Å². The fraction of sp³-hybridized carbons (Fsp3) is 0.167. The van der Waals surface area contributed by atoms with Crippen LogP contribution in [-0.2, 0) is 0 Å². The Labute approximate surface area is 60.4 Å². The quantitative estimate of drug-likeness (QED) is 0.306. The molecule has 0 aromatic rings. The first-order valence-electron chi connectivity index (χ1n) is 2.03. The van der Waals surface area contributed by atoms with E-state index in [1.165, 1.54) is 0 Å². The van der Waals surface area contributed by atoms with Gasteiger partial charge in [-0.3, -0.25) is 0 Å². The second kappa shape index (κ2) is 3.71. The summed E-state index contributed by atoms with van der Waals surface area (Å²) in [5, 5.41) is 0. The van der Waals surface area contributed by atoms with Gasteiger partial charge in [0.05, 0.1) is 0 Å². The van der Waals surface area contributed by atoms with E-state index < -0.39 is 0 Å². The van der Waals surface area contributed by atoms with E-state index in [0.29, 0.717) is 4.20 Å². The van der Waals surface area contributed by atoms with Crippen molar-refractivity contribution in [3.8, 4) is 11.8 Å². The van der Waals surface area contributed by atoms with Crippen LogP contribution >= 0.6 is 24.8 Å². The third-order valence-electron chi connectivity index (χ3n) is 0.383. The molecule has 0 rings (SSSR count). The van der Waals surface area contributed by atoms with E-state index in [1.807, 2.05) is 6.92 Å². The lowest BCUT2D eigenvalue weighted by Crippen LogP contribution is -1.70. The number of thiocarbonyl (C=S) groups is 1. The first-order valence-corrected chi connectivity index (χ1v) is 2.89. The predicted molar refractivity (Wildman–Crippen MR) is 44.2 cm³/mol. The molecule has 0 saturated carbocycles. The fourth-order valence-corrected chi connectivity index (χ4v) is 0.267. The maximum Gasteiger partial charge on any atom is 0.118 e. The molecule has 42 valence electrons. The van der Waals surface area contributed by atoms with E-state index in [9.17, 15) is 0 Å². The number of allylic oxidation sites excluding steroid dienone is 1. The van der Waals surface area contributed by atoms with Gasteiger partial charge in [-0.15, -0.1) is 12.6 Å². The molecule has 0 aliphatic carbocycles. The molecule has 0 saturated heterocycles. The highest BCUT2D eigenvalue weighted by Gasteiger charge is 1.73. The summed E-state index contributed by atoms with van der Waals surface area (Å²) in [5.74, 6) is 5.27. The van der Waals surface area contributed by atoms with Gasteiger partial charge in [-0.05, 0) is 18.4 Å². The Bertz CT molecular complexity index is 151. The molecule has 0 aromatic carbocycles. The molecule has 0 fully saturated rings. The van der Waals surface area contributed by atoms with Crippen molar-refractivity contribution in [1.29, 1.82) is 0 Å². The van der Waals surface area contributed by atoms with Gasteiger partial charge in [0.2, 0.25) is 0 Å². The Hall–Kier alpha value is -0.260. The standard InChI is InChI=1S/C6H6S2/c1-5(2)3-4-6(7)8/h1H2,2H3,(H,7,8). The molecule has 8 heavy (non-hydrogen) atoms. The van der Waals surface area contributed by atoms with Crippen LogP contribution in [0.2, 0.25) is 0 Å². The lowest BCUT2D eigenvalue weighted by atomic mass is 10.4. The summed E-state index contributed by atoms with van der Waals surface area (Å²) in [5.41, 5.74) is 0.807. The van der Waals surface area contributed by atoms with Crippen molar-refractivity contribution in [2.24, 2.45) is 0 Å². The summed E-state index contributed by atoms with van der Waals surface area (Å²) >= 11 is 8.35. The summed E-state index contributed by atoms with van der Waals surface area (Å²) < 4.78 is 0.410. The van der Waals surface area contributed by atoms with E-state index >= 15 is 0 Å². The van der Waals surface area contributed by atoms with Crippen LogP contribution in [0.15, 0.2) is 12.2 Å². The highest BCUT2D eigenvalue weighted by atomic mass is 32.1. The normalized spacial score (nSPS) is 6.75. The van der Waals surface area contributed by atoms with Crippen molar-refractivity contribution >= 4 is 29.0 Å². The zero-order valence-electron chi connectivity index (χ0n) is 4.56. The van der Waals surface area contributed by atoms with Gasteiger partial charge in [0.1, 0.15) is 4.20 Å². The number of hydrogen-bond donors (Lipinski definition) is 1. The second-order valence-corrected chi connectivity index (χ2v) is 2.49. The Morgan fingerprint density at radius 3 is 2.25 bits per heavy atom. The van der Waals surface area contributed by atoms with Gasteiger partial charge >= 0.3 is 0 Å². The van der Waals surface area contributed by atoms with Gasteiger partial charge in [0, 0.05) is 0 Å². The van der Waals surface area contributed by atoms with E-state index in [0.717, 1.165) is 5.57 Å². The van der Waals surface area contributed by atoms with E-state index in [2.05, 4.69) is 43.3 Å². The van der Waals surface area contributed by atoms with Crippen molar-refractivity contribution in [2.45, 2.75) is 6.92 Å². The van der Waals surface area contributed by atoms with Crippen LogP contribution in [0.25, 0.3) is 0 Å². The van der Waals surface area contributed by atoms with E-state index in [1.54, 1.807) is 0 Å². The summed E-state index contributed by atoms with van der Waals surface area (Å²) in [6.07, 6.45) is 0. The molecule has 2 heteroatoms. The van der Waals surface area contributed by atoms with Crippen molar-refractivity contribution < 1.29 is 0 Å².